The van der Waals surface area contributed by atoms with Crippen molar-refractivity contribution in [3.05, 3.63) is 33.3 Å². The molecule has 0 fully saturated rings. The van der Waals surface area contributed by atoms with E-state index in [1.165, 1.54) is 0 Å². The second-order valence-electron chi connectivity index (χ2n) is 3.18. The first-order valence-corrected chi connectivity index (χ1v) is 4.78. The van der Waals surface area contributed by atoms with Crippen molar-refractivity contribution < 1.29 is 158 Å². The summed E-state index contributed by atoms with van der Waals surface area (Å²) in [6.45, 7) is 0. The first-order chi connectivity index (χ1) is 8.68. The van der Waals surface area contributed by atoms with Gasteiger partial charge >= 0.3 is 118 Å². The zero-order chi connectivity index (χ0) is 14.9. The Labute approximate surface area is 223 Å². The molecule has 13 heteroatoms. The normalized spacial score (nSPS) is 8.22. The molecule has 1 rings (SSSR count). The second-order valence-corrected chi connectivity index (χ2v) is 3.59. The number of halogens is 1. The van der Waals surface area contributed by atoms with E-state index >= 15 is 0 Å². The van der Waals surface area contributed by atoms with E-state index in [0.29, 0.717) is 6.07 Å². The third kappa shape index (κ3) is 7.65. The molecule has 0 spiro atoms. The fourth-order valence-electron chi connectivity index (χ4n) is 1.43. The van der Waals surface area contributed by atoms with Crippen LogP contribution >= 0.6 is 11.6 Å². The molecule has 0 aliphatic rings. The van der Waals surface area contributed by atoms with Gasteiger partial charge in [-0.15, -0.1) is 0 Å². The molecule has 0 unspecified atom stereocenters. The SMILES string of the molecule is O=C([O-])c1cc(Cl)c(C(=O)[O-])c(C(=O)[O-])c1C(=O)[O-].[Na+].[Na+].[Na+].[Na+]. The van der Waals surface area contributed by atoms with Crippen LogP contribution in [0.5, 0.6) is 0 Å². The van der Waals surface area contributed by atoms with Crippen LogP contribution in [0.2, 0.25) is 5.02 Å². The van der Waals surface area contributed by atoms with Gasteiger partial charge in [-0.25, -0.2) is 0 Å². The number of hydrogen-bond donors (Lipinski definition) is 0. The van der Waals surface area contributed by atoms with Crippen LogP contribution in [-0.4, -0.2) is 23.9 Å². The van der Waals surface area contributed by atoms with Crippen molar-refractivity contribution in [2.24, 2.45) is 0 Å². The van der Waals surface area contributed by atoms with Crippen LogP contribution in [0.15, 0.2) is 6.07 Å². The third-order valence-electron chi connectivity index (χ3n) is 2.11. The predicted octanol–water partition coefficient (Wildman–Crippen LogP) is -16.2. The van der Waals surface area contributed by atoms with E-state index in [4.69, 9.17) is 11.6 Å². The number of hydrogen-bond acceptors (Lipinski definition) is 8. The molecule has 0 amide bonds. The van der Waals surface area contributed by atoms with Crippen LogP contribution in [0.1, 0.15) is 41.4 Å². The van der Waals surface area contributed by atoms with Gasteiger partial charge in [0, 0.05) is 22.3 Å². The van der Waals surface area contributed by atoms with E-state index in [2.05, 4.69) is 0 Å². The number of rotatable bonds is 4. The molecule has 0 aliphatic heterocycles. The Bertz CT molecular complexity index is 634. The average molecular weight is 377 g/mol. The van der Waals surface area contributed by atoms with Crippen molar-refractivity contribution in [2.75, 3.05) is 0 Å². The molecule has 100 valence electrons. The van der Waals surface area contributed by atoms with E-state index in [9.17, 15) is 39.6 Å². The van der Waals surface area contributed by atoms with E-state index in [-0.39, 0.29) is 118 Å². The Kier molecular flexibility index (Phi) is 18.9. The molecule has 0 aromatic heterocycles. The van der Waals surface area contributed by atoms with Gasteiger partial charge in [0.15, 0.2) is 0 Å². The molecule has 0 heterocycles. The van der Waals surface area contributed by atoms with Gasteiger partial charge in [0.25, 0.3) is 0 Å². The first kappa shape index (κ1) is 32.1. The predicted molar refractivity (Wildman–Crippen MR) is 48.8 cm³/mol. The Morgan fingerprint density at radius 2 is 1.00 bits per heavy atom. The summed E-state index contributed by atoms with van der Waals surface area (Å²) >= 11 is 5.38. The Morgan fingerprint density at radius 1 is 0.652 bits per heavy atom. The van der Waals surface area contributed by atoms with Crippen molar-refractivity contribution >= 4 is 35.5 Å². The smallest absolute Gasteiger partial charge is 0.545 e. The summed E-state index contributed by atoms with van der Waals surface area (Å²) in [5.74, 6) is -8.69. The quantitative estimate of drug-likeness (QED) is 0.468. The summed E-state index contributed by atoms with van der Waals surface area (Å²) in [7, 11) is 0. The van der Waals surface area contributed by atoms with Gasteiger partial charge < -0.3 is 39.6 Å². The minimum absolute atomic E-state index is 0. The summed E-state index contributed by atoms with van der Waals surface area (Å²) in [6, 6.07) is 0.416. The summed E-state index contributed by atoms with van der Waals surface area (Å²) < 4.78 is 0. The van der Waals surface area contributed by atoms with E-state index in [1.54, 1.807) is 0 Å². The van der Waals surface area contributed by atoms with Crippen LogP contribution in [0.4, 0.5) is 0 Å². The van der Waals surface area contributed by atoms with Crippen LogP contribution in [0.25, 0.3) is 0 Å². The van der Waals surface area contributed by atoms with Crippen LogP contribution in [0.3, 0.4) is 0 Å². The number of benzene rings is 1. The van der Waals surface area contributed by atoms with E-state index < -0.39 is 51.2 Å². The molecule has 23 heavy (non-hydrogen) atoms. The first-order valence-electron chi connectivity index (χ1n) is 4.40. The molecule has 1 aromatic rings. The molecule has 0 radical (unpaired) electrons. The molecule has 0 saturated heterocycles. The molecule has 1 aromatic carbocycles. The number of carboxylic acids is 4. The summed E-state index contributed by atoms with van der Waals surface area (Å²) in [4.78, 5) is 43.0. The molecular formula is C10HClNa4O8. The molecule has 8 nitrogen and oxygen atoms in total. The maximum absolute atomic E-state index is 10.8. The minimum Gasteiger partial charge on any atom is -0.545 e. The van der Waals surface area contributed by atoms with Crippen molar-refractivity contribution in [3.63, 3.8) is 0 Å². The largest absolute Gasteiger partial charge is 1.00 e. The summed E-state index contributed by atoms with van der Waals surface area (Å²) in [5.41, 5.74) is -5.23. The van der Waals surface area contributed by atoms with Gasteiger partial charge in [0.2, 0.25) is 0 Å². The fraction of sp³-hybridized carbons (Fsp3) is 0. The second kappa shape index (κ2) is 13.6. The van der Waals surface area contributed by atoms with Crippen LogP contribution < -0.4 is 139 Å². The zero-order valence-electron chi connectivity index (χ0n) is 12.7. The molecule has 0 N–H and O–H groups in total. The van der Waals surface area contributed by atoms with Crippen LogP contribution in [0, 0.1) is 0 Å². The summed E-state index contributed by atoms with van der Waals surface area (Å²) in [5, 5.41) is 42.2. The molecular weight excluding hydrogens is 376 g/mol. The van der Waals surface area contributed by atoms with Gasteiger partial charge in [-0.2, -0.15) is 0 Å². The zero-order valence-corrected chi connectivity index (χ0v) is 21.5. The number of aromatic carboxylic acids is 4. The maximum Gasteiger partial charge on any atom is 1.00 e. The third-order valence-corrected chi connectivity index (χ3v) is 2.41. The monoisotopic (exact) mass is 376 g/mol. The van der Waals surface area contributed by atoms with Crippen molar-refractivity contribution in [3.8, 4) is 0 Å². The maximum atomic E-state index is 10.8. The number of carbonyl (C=O) groups is 4. The van der Waals surface area contributed by atoms with Gasteiger partial charge in [-0.05, 0) is 6.07 Å². The average Bonchev–Trinajstić information content (AvgIpc) is 2.25. The van der Waals surface area contributed by atoms with E-state index in [1.807, 2.05) is 0 Å². The molecule has 0 aliphatic carbocycles. The van der Waals surface area contributed by atoms with Crippen molar-refractivity contribution in [2.45, 2.75) is 0 Å². The number of carboxylic acid groups (broad SMARTS) is 4. The Balaban J connectivity index is -0.000000451. The van der Waals surface area contributed by atoms with Crippen molar-refractivity contribution in [1.29, 1.82) is 0 Å². The van der Waals surface area contributed by atoms with Gasteiger partial charge in [-0.1, -0.05) is 11.6 Å². The minimum atomic E-state index is -2.26. The topological polar surface area (TPSA) is 161 Å². The summed E-state index contributed by atoms with van der Waals surface area (Å²) in [6.07, 6.45) is 0. The van der Waals surface area contributed by atoms with Gasteiger partial charge in [0.1, 0.15) is 0 Å². The Hall–Kier alpha value is 1.39. The molecule has 0 bridgehead atoms. The van der Waals surface area contributed by atoms with Gasteiger partial charge in [-0.3, -0.25) is 0 Å². The standard InChI is InChI=1S/C10H5ClO8.4Na/c11-3-1-2(7(12)13)4(8(14)15)6(10(18)19)5(3)9(16)17;;;;/h1H,(H,12,13)(H,14,15)(H,16,17)(H,18,19);;;;/q;4*+1/p-4. The van der Waals surface area contributed by atoms with Gasteiger partial charge in [0.05, 0.1) is 28.9 Å². The molecule has 0 saturated carbocycles. The fourth-order valence-corrected chi connectivity index (χ4v) is 1.71. The molecule has 0 atom stereocenters. The number of carbonyl (C=O) groups excluding carboxylic acids is 4. The van der Waals surface area contributed by atoms with Crippen LogP contribution in [-0.2, 0) is 0 Å². The van der Waals surface area contributed by atoms with E-state index in [0.717, 1.165) is 0 Å². The Morgan fingerprint density at radius 3 is 1.26 bits per heavy atom. The van der Waals surface area contributed by atoms with Crippen molar-refractivity contribution in [1.82, 2.24) is 0 Å².